The van der Waals surface area contributed by atoms with Crippen LogP contribution in [-0.4, -0.2) is 19.1 Å². The van der Waals surface area contributed by atoms with Crippen LogP contribution in [0.1, 0.15) is 15.9 Å². The Labute approximate surface area is 131 Å². The summed E-state index contributed by atoms with van der Waals surface area (Å²) in [4.78, 5) is 23.2. The quantitative estimate of drug-likeness (QED) is 0.851. The summed E-state index contributed by atoms with van der Waals surface area (Å²) in [7, 11) is 1.26. The van der Waals surface area contributed by atoms with E-state index in [0.717, 1.165) is 12.1 Å². The van der Waals surface area contributed by atoms with Crippen LogP contribution in [-0.2, 0) is 11.3 Å². The fourth-order valence-electron chi connectivity index (χ4n) is 1.85. The fourth-order valence-corrected chi connectivity index (χ4v) is 1.85. The summed E-state index contributed by atoms with van der Waals surface area (Å²) in [5.74, 6) is -2.44. The van der Waals surface area contributed by atoms with Crippen LogP contribution in [0.3, 0.4) is 0 Å². The molecule has 0 atom stereocenters. The van der Waals surface area contributed by atoms with Gasteiger partial charge in [0.1, 0.15) is 0 Å². The van der Waals surface area contributed by atoms with Crippen molar-refractivity contribution in [2.75, 3.05) is 12.4 Å². The average Bonchev–Trinajstić information content (AvgIpc) is 2.55. The Kier molecular flexibility index (Phi) is 5.24. The van der Waals surface area contributed by atoms with Crippen LogP contribution in [0.15, 0.2) is 42.5 Å². The summed E-state index contributed by atoms with van der Waals surface area (Å²) in [5, 5.41) is 5.03. The largest absolute Gasteiger partial charge is 0.465 e. The van der Waals surface area contributed by atoms with Crippen LogP contribution in [0.5, 0.6) is 0 Å². The Morgan fingerprint density at radius 2 is 1.87 bits per heavy atom. The van der Waals surface area contributed by atoms with Gasteiger partial charge in [0, 0.05) is 12.2 Å². The summed E-state index contributed by atoms with van der Waals surface area (Å²) in [6.45, 7) is 0.0275. The lowest BCUT2D eigenvalue weighted by Gasteiger charge is -2.09. The predicted octanol–water partition coefficient (Wildman–Crippen LogP) is 3.07. The number of ether oxygens (including phenoxy) is 1. The number of urea groups is 1. The molecule has 0 saturated carbocycles. The number of benzene rings is 2. The van der Waals surface area contributed by atoms with E-state index >= 15 is 0 Å². The highest BCUT2D eigenvalue weighted by Crippen LogP contribution is 2.12. The van der Waals surface area contributed by atoms with Gasteiger partial charge in [-0.1, -0.05) is 12.1 Å². The summed E-state index contributed by atoms with van der Waals surface area (Å²) in [6, 6.07) is 9.03. The third-order valence-corrected chi connectivity index (χ3v) is 2.98. The molecule has 5 nitrogen and oxygen atoms in total. The maximum Gasteiger partial charge on any atom is 0.337 e. The molecule has 2 rings (SSSR count). The molecule has 2 amide bonds. The highest BCUT2D eigenvalue weighted by Gasteiger charge is 2.08. The molecule has 0 saturated heterocycles. The second-order valence-electron chi connectivity index (χ2n) is 4.63. The van der Waals surface area contributed by atoms with Gasteiger partial charge in [0.15, 0.2) is 11.6 Å². The Balaban J connectivity index is 1.94. The van der Waals surface area contributed by atoms with Gasteiger partial charge in [0.2, 0.25) is 0 Å². The minimum atomic E-state index is -0.976. The number of methoxy groups -OCH3 is 1. The van der Waals surface area contributed by atoms with Crippen molar-refractivity contribution in [2.45, 2.75) is 6.54 Å². The van der Waals surface area contributed by atoms with Gasteiger partial charge in [-0.25, -0.2) is 18.4 Å². The van der Waals surface area contributed by atoms with Crippen LogP contribution in [0.25, 0.3) is 0 Å². The minimum absolute atomic E-state index is 0.0275. The molecule has 23 heavy (non-hydrogen) atoms. The first-order chi connectivity index (χ1) is 11.0. The molecule has 0 fully saturated rings. The zero-order valence-electron chi connectivity index (χ0n) is 12.2. The van der Waals surface area contributed by atoms with Crippen molar-refractivity contribution in [3.05, 3.63) is 65.2 Å². The number of esters is 1. The van der Waals surface area contributed by atoms with E-state index in [0.29, 0.717) is 16.8 Å². The molecule has 0 aromatic heterocycles. The van der Waals surface area contributed by atoms with Crippen molar-refractivity contribution in [1.29, 1.82) is 0 Å². The number of halogens is 2. The van der Waals surface area contributed by atoms with E-state index < -0.39 is 23.6 Å². The number of carbonyl (C=O) groups excluding carboxylic acids is 2. The van der Waals surface area contributed by atoms with Crippen LogP contribution < -0.4 is 10.6 Å². The molecule has 0 spiro atoms. The first-order valence-corrected chi connectivity index (χ1v) is 6.67. The first kappa shape index (κ1) is 16.4. The molecule has 0 heterocycles. The van der Waals surface area contributed by atoms with Gasteiger partial charge < -0.3 is 15.4 Å². The molecule has 0 bridgehead atoms. The van der Waals surface area contributed by atoms with Crippen molar-refractivity contribution in [2.24, 2.45) is 0 Å². The molecule has 0 unspecified atom stereocenters. The third-order valence-electron chi connectivity index (χ3n) is 2.98. The lowest BCUT2D eigenvalue weighted by Crippen LogP contribution is -2.28. The highest BCUT2D eigenvalue weighted by atomic mass is 19.2. The third kappa shape index (κ3) is 4.50. The highest BCUT2D eigenvalue weighted by molar-refractivity contribution is 5.93. The second kappa shape index (κ2) is 7.35. The van der Waals surface area contributed by atoms with E-state index in [9.17, 15) is 18.4 Å². The maximum atomic E-state index is 13.1. The smallest absolute Gasteiger partial charge is 0.337 e. The monoisotopic (exact) mass is 320 g/mol. The van der Waals surface area contributed by atoms with Gasteiger partial charge in [-0.15, -0.1) is 0 Å². The Morgan fingerprint density at radius 3 is 2.57 bits per heavy atom. The van der Waals surface area contributed by atoms with Gasteiger partial charge in [-0.2, -0.15) is 0 Å². The molecular weight excluding hydrogens is 306 g/mol. The standard InChI is InChI=1S/C16H14F2N2O3/c1-23-15(21)11-3-2-4-12(8-11)20-16(22)19-9-10-5-6-13(17)14(18)7-10/h2-8H,9H2,1H3,(H2,19,20,22). The van der Waals surface area contributed by atoms with Crippen molar-refractivity contribution >= 4 is 17.7 Å². The molecule has 0 aliphatic carbocycles. The number of hydrogen-bond acceptors (Lipinski definition) is 3. The van der Waals surface area contributed by atoms with E-state index in [1.165, 1.54) is 19.2 Å². The average molecular weight is 320 g/mol. The number of amides is 2. The number of nitrogens with one attached hydrogen (secondary N) is 2. The molecule has 0 aliphatic heterocycles. The van der Waals surface area contributed by atoms with Crippen molar-refractivity contribution in [1.82, 2.24) is 5.32 Å². The van der Waals surface area contributed by atoms with Crippen molar-refractivity contribution in [3.63, 3.8) is 0 Å². The van der Waals surface area contributed by atoms with Crippen LogP contribution in [0, 0.1) is 11.6 Å². The normalized spacial score (nSPS) is 10.0. The SMILES string of the molecule is COC(=O)c1cccc(NC(=O)NCc2ccc(F)c(F)c2)c1. The van der Waals surface area contributed by atoms with Gasteiger partial charge in [-0.05, 0) is 35.9 Å². The van der Waals surface area contributed by atoms with E-state index in [2.05, 4.69) is 15.4 Å². The van der Waals surface area contributed by atoms with E-state index in [-0.39, 0.29) is 6.54 Å². The maximum absolute atomic E-state index is 13.1. The molecular formula is C16H14F2N2O3. The Hall–Kier alpha value is -2.96. The minimum Gasteiger partial charge on any atom is -0.465 e. The number of carbonyl (C=O) groups is 2. The Morgan fingerprint density at radius 1 is 1.09 bits per heavy atom. The topological polar surface area (TPSA) is 67.4 Å². The van der Waals surface area contributed by atoms with E-state index in [4.69, 9.17) is 0 Å². The summed E-state index contributed by atoms with van der Waals surface area (Å²) < 4.78 is 30.5. The molecule has 7 heteroatoms. The number of anilines is 1. The van der Waals surface area contributed by atoms with Gasteiger partial charge in [0.25, 0.3) is 0 Å². The lowest BCUT2D eigenvalue weighted by molar-refractivity contribution is 0.0600. The molecule has 2 aromatic carbocycles. The molecule has 0 aliphatic rings. The number of hydrogen-bond donors (Lipinski definition) is 2. The van der Waals surface area contributed by atoms with Gasteiger partial charge in [0.05, 0.1) is 12.7 Å². The van der Waals surface area contributed by atoms with Crippen LogP contribution in [0.2, 0.25) is 0 Å². The van der Waals surface area contributed by atoms with Crippen LogP contribution in [0.4, 0.5) is 19.3 Å². The molecule has 2 aromatic rings. The van der Waals surface area contributed by atoms with Crippen molar-refractivity contribution < 1.29 is 23.1 Å². The zero-order valence-corrected chi connectivity index (χ0v) is 12.2. The molecule has 120 valence electrons. The lowest BCUT2D eigenvalue weighted by atomic mass is 10.2. The molecule has 0 radical (unpaired) electrons. The van der Waals surface area contributed by atoms with Gasteiger partial charge in [-0.3, -0.25) is 0 Å². The summed E-state index contributed by atoms with van der Waals surface area (Å²) in [5.41, 5.74) is 1.11. The van der Waals surface area contributed by atoms with E-state index in [1.807, 2.05) is 0 Å². The van der Waals surface area contributed by atoms with Crippen LogP contribution >= 0.6 is 0 Å². The second-order valence-corrected chi connectivity index (χ2v) is 4.63. The van der Waals surface area contributed by atoms with Crippen molar-refractivity contribution in [3.8, 4) is 0 Å². The fraction of sp³-hybridized carbons (Fsp3) is 0.125. The first-order valence-electron chi connectivity index (χ1n) is 6.67. The zero-order chi connectivity index (χ0) is 16.8. The summed E-state index contributed by atoms with van der Waals surface area (Å²) >= 11 is 0. The predicted molar refractivity (Wildman–Crippen MR) is 80.0 cm³/mol. The van der Waals surface area contributed by atoms with E-state index in [1.54, 1.807) is 18.2 Å². The number of rotatable bonds is 4. The van der Waals surface area contributed by atoms with Gasteiger partial charge >= 0.3 is 12.0 Å². The Bertz CT molecular complexity index is 735. The molecule has 2 N–H and O–H groups in total. The summed E-state index contributed by atoms with van der Waals surface area (Å²) in [6.07, 6.45) is 0.